The molecule has 2 heteroatoms. The third-order valence-corrected chi connectivity index (χ3v) is 1.27. The molecule has 0 aromatic rings. The van der Waals surface area contributed by atoms with E-state index in [0.717, 1.165) is 25.4 Å². The van der Waals surface area contributed by atoms with E-state index in [1.165, 1.54) is 0 Å². The van der Waals surface area contributed by atoms with Crippen LogP contribution >= 0.6 is 0 Å². The Morgan fingerprint density at radius 3 is 1.29 bits per heavy atom. The first kappa shape index (κ1) is 15.3. The van der Waals surface area contributed by atoms with Gasteiger partial charge in [-0.2, -0.15) is 0 Å². The van der Waals surface area contributed by atoms with E-state index < -0.39 is 0 Å². The highest BCUT2D eigenvalue weighted by Gasteiger charge is 1.67. The van der Waals surface area contributed by atoms with Crippen LogP contribution in [0, 0.1) is 0 Å². The number of hydrogen-bond acceptors (Lipinski definition) is 2. The first-order chi connectivity index (χ1) is 6.83. The Bertz CT molecular complexity index is 149. The second-order valence-electron chi connectivity index (χ2n) is 2.56. The molecule has 0 aliphatic carbocycles. The van der Waals surface area contributed by atoms with Gasteiger partial charge in [-0.05, 0) is 12.8 Å². The van der Waals surface area contributed by atoms with Crippen LogP contribution in [-0.4, -0.2) is 12.6 Å². The van der Waals surface area contributed by atoms with Crippen LogP contribution in [0.2, 0.25) is 0 Å². The molecule has 0 saturated heterocycles. The van der Waals surface area contributed by atoms with Crippen LogP contribution in [-0.2, 0) is 9.59 Å². The van der Waals surface area contributed by atoms with Crippen LogP contribution in [0.15, 0.2) is 24.3 Å². The largest absolute Gasteiger partial charge is 0.303 e. The van der Waals surface area contributed by atoms with Crippen molar-refractivity contribution in [2.75, 3.05) is 0 Å². The molecule has 0 amide bonds. The Morgan fingerprint density at radius 1 is 0.714 bits per heavy atom. The topological polar surface area (TPSA) is 34.1 Å². The lowest BCUT2D eigenvalue weighted by Crippen LogP contribution is -1.63. The Labute approximate surface area is 86.7 Å². The van der Waals surface area contributed by atoms with Gasteiger partial charge in [0.05, 0.1) is 0 Å². The molecule has 0 aliphatic heterocycles. The summed E-state index contributed by atoms with van der Waals surface area (Å²) in [5.41, 5.74) is 0. The number of hydrogen-bond donors (Lipinski definition) is 0. The number of rotatable bonds is 6. The van der Waals surface area contributed by atoms with E-state index in [4.69, 9.17) is 0 Å². The number of carbonyl (C=O) groups is 2. The Hall–Kier alpha value is -1.18. The van der Waals surface area contributed by atoms with Crippen molar-refractivity contribution in [1.82, 2.24) is 0 Å². The molecule has 0 aliphatic rings. The fourth-order valence-electron chi connectivity index (χ4n) is 0.637. The lowest BCUT2D eigenvalue weighted by atomic mass is 10.3. The summed E-state index contributed by atoms with van der Waals surface area (Å²) in [6.07, 6.45) is 12.7. The van der Waals surface area contributed by atoms with E-state index >= 15 is 0 Å². The maximum atomic E-state index is 9.63. The van der Waals surface area contributed by atoms with E-state index in [1.807, 2.05) is 38.2 Å². The minimum absolute atomic E-state index is 0.563. The second kappa shape index (κ2) is 17.8. The van der Waals surface area contributed by atoms with Crippen LogP contribution in [0.5, 0.6) is 0 Å². The molecular weight excluding hydrogens is 176 g/mol. The highest BCUT2D eigenvalue weighted by Crippen LogP contribution is 1.80. The van der Waals surface area contributed by atoms with Gasteiger partial charge >= 0.3 is 0 Å². The van der Waals surface area contributed by atoms with Crippen LogP contribution in [0.3, 0.4) is 0 Å². The van der Waals surface area contributed by atoms with Gasteiger partial charge in [-0.25, -0.2) is 0 Å². The molecule has 14 heavy (non-hydrogen) atoms. The fraction of sp³-hybridized carbons (Fsp3) is 0.500. The third-order valence-electron chi connectivity index (χ3n) is 1.27. The van der Waals surface area contributed by atoms with E-state index in [2.05, 4.69) is 0 Å². The van der Waals surface area contributed by atoms with Crippen LogP contribution in [0.4, 0.5) is 0 Å². The maximum Gasteiger partial charge on any atom is 0.123 e. The van der Waals surface area contributed by atoms with E-state index in [-0.39, 0.29) is 0 Å². The lowest BCUT2D eigenvalue weighted by molar-refractivity contribution is -0.107. The summed E-state index contributed by atoms with van der Waals surface area (Å²) >= 11 is 0. The number of aldehydes is 2. The summed E-state index contributed by atoms with van der Waals surface area (Å²) in [4.78, 5) is 19.3. The molecule has 0 unspecified atom stereocenters. The maximum absolute atomic E-state index is 9.63. The third kappa shape index (κ3) is 22.4. The van der Waals surface area contributed by atoms with Gasteiger partial charge in [0.25, 0.3) is 0 Å². The molecule has 0 aromatic heterocycles. The normalized spacial score (nSPS) is 9.86. The molecule has 0 heterocycles. The van der Waals surface area contributed by atoms with Crippen molar-refractivity contribution in [2.45, 2.75) is 39.5 Å². The highest BCUT2D eigenvalue weighted by molar-refractivity contribution is 5.52. The SMILES string of the molecule is CC/C=C/CC=O.CC/C=C/CC=O. The molecule has 0 aromatic carbocycles. The Morgan fingerprint density at radius 2 is 1.07 bits per heavy atom. The molecule has 2 nitrogen and oxygen atoms in total. The van der Waals surface area contributed by atoms with Crippen LogP contribution in [0.25, 0.3) is 0 Å². The van der Waals surface area contributed by atoms with Gasteiger partial charge in [-0.3, -0.25) is 0 Å². The molecular formula is C12H20O2. The molecule has 0 fully saturated rings. The van der Waals surface area contributed by atoms with Crippen LogP contribution < -0.4 is 0 Å². The molecule has 80 valence electrons. The average Bonchev–Trinajstić information content (AvgIpc) is 2.21. The summed E-state index contributed by atoms with van der Waals surface area (Å²) in [5, 5.41) is 0. The monoisotopic (exact) mass is 196 g/mol. The smallest absolute Gasteiger partial charge is 0.123 e. The summed E-state index contributed by atoms with van der Waals surface area (Å²) < 4.78 is 0. The molecule has 0 saturated carbocycles. The van der Waals surface area contributed by atoms with Gasteiger partial charge in [0.1, 0.15) is 12.6 Å². The Kier molecular flexibility index (Phi) is 19.4. The molecule has 0 radical (unpaired) electrons. The summed E-state index contributed by atoms with van der Waals surface area (Å²) in [6.45, 7) is 4.09. The van der Waals surface area contributed by atoms with Gasteiger partial charge < -0.3 is 9.59 Å². The predicted molar refractivity (Wildman–Crippen MR) is 60.2 cm³/mol. The lowest BCUT2D eigenvalue weighted by Gasteiger charge is -1.72. The van der Waals surface area contributed by atoms with Crippen molar-refractivity contribution in [3.8, 4) is 0 Å². The van der Waals surface area contributed by atoms with Gasteiger partial charge in [-0.15, -0.1) is 0 Å². The molecule has 0 rings (SSSR count). The van der Waals surface area contributed by atoms with Gasteiger partial charge in [0.2, 0.25) is 0 Å². The first-order valence-electron chi connectivity index (χ1n) is 5.00. The second-order valence-corrected chi connectivity index (χ2v) is 2.56. The van der Waals surface area contributed by atoms with Gasteiger partial charge in [0, 0.05) is 12.8 Å². The quantitative estimate of drug-likeness (QED) is 0.483. The highest BCUT2D eigenvalue weighted by atomic mass is 16.1. The van der Waals surface area contributed by atoms with E-state index in [0.29, 0.717) is 12.8 Å². The zero-order valence-electron chi connectivity index (χ0n) is 9.11. The summed E-state index contributed by atoms with van der Waals surface area (Å²) in [7, 11) is 0. The van der Waals surface area contributed by atoms with Crippen molar-refractivity contribution < 1.29 is 9.59 Å². The number of carbonyl (C=O) groups excluding carboxylic acids is 2. The summed E-state index contributed by atoms with van der Waals surface area (Å²) in [5.74, 6) is 0. The van der Waals surface area contributed by atoms with Crippen molar-refractivity contribution in [3.63, 3.8) is 0 Å². The fourth-order valence-corrected chi connectivity index (χ4v) is 0.637. The molecule has 0 spiro atoms. The van der Waals surface area contributed by atoms with Crippen molar-refractivity contribution >= 4 is 12.6 Å². The first-order valence-corrected chi connectivity index (χ1v) is 5.00. The van der Waals surface area contributed by atoms with E-state index in [9.17, 15) is 9.59 Å². The molecule has 0 atom stereocenters. The van der Waals surface area contributed by atoms with E-state index in [1.54, 1.807) is 0 Å². The zero-order valence-corrected chi connectivity index (χ0v) is 9.11. The van der Waals surface area contributed by atoms with Crippen molar-refractivity contribution in [1.29, 1.82) is 0 Å². The van der Waals surface area contributed by atoms with Gasteiger partial charge in [0.15, 0.2) is 0 Å². The predicted octanol–water partition coefficient (Wildman–Crippen LogP) is 3.08. The summed E-state index contributed by atoms with van der Waals surface area (Å²) in [6, 6.07) is 0. The average molecular weight is 196 g/mol. The van der Waals surface area contributed by atoms with Crippen molar-refractivity contribution in [3.05, 3.63) is 24.3 Å². The standard InChI is InChI=1S/2C6H10O/c2*1-2-3-4-5-6-7/h2*3-4,6H,2,5H2,1H3/b2*4-3+. The van der Waals surface area contributed by atoms with Crippen LogP contribution in [0.1, 0.15) is 39.5 Å². The zero-order chi connectivity index (χ0) is 11.1. The number of allylic oxidation sites excluding steroid dienone is 4. The van der Waals surface area contributed by atoms with Crippen molar-refractivity contribution in [2.24, 2.45) is 0 Å². The molecule has 0 bridgehead atoms. The van der Waals surface area contributed by atoms with Gasteiger partial charge in [-0.1, -0.05) is 38.2 Å². The minimum atomic E-state index is 0.563. The Balaban J connectivity index is 0. The minimum Gasteiger partial charge on any atom is -0.303 e. The molecule has 0 N–H and O–H groups in total.